The van der Waals surface area contributed by atoms with Crippen molar-refractivity contribution in [2.45, 2.75) is 24.0 Å². The van der Waals surface area contributed by atoms with Crippen molar-refractivity contribution in [3.63, 3.8) is 0 Å². The van der Waals surface area contributed by atoms with Crippen LogP contribution in [0.4, 0.5) is 24.8 Å². The third-order valence-corrected chi connectivity index (χ3v) is 3.40. The number of nitrogens with zero attached hydrogens (tertiary/aromatic N) is 2. The highest BCUT2D eigenvalue weighted by molar-refractivity contribution is 8.00. The van der Waals surface area contributed by atoms with Gasteiger partial charge in [0.15, 0.2) is 5.16 Å². The largest absolute Gasteiger partial charge is 0.441 e. The molecule has 0 radical (unpaired) electrons. The van der Waals surface area contributed by atoms with Gasteiger partial charge in [-0.3, -0.25) is 0 Å². The first-order valence-electron chi connectivity index (χ1n) is 6.06. The van der Waals surface area contributed by atoms with E-state index in [1.807, 2.05) is 13.2 Å². The van der Waals surface area contributed by atoms with E-state index in [0.717, 1.165) is 13.0 Å². The molecule has 2 N–H and O–H groups in total. The average molecular weight is 326 g/mol. The summed E-state index contributed by atoms with van der Waals surface area (Å²) in [6, 6.07) is 1.70. The van der Waals surface area contributed by atoms with Crippen LogP contribution in [-0.2, 0) is 0 Å². The minimum atomic E-state index is -4.19. The lowest BCUT2D eigenvalue weighted by Crippen LogP contribution is -2.11. The average Bonchev–Trinajstić information content (AvgIpc) is 2.40. The third kappa shape index (κ3) is 7.09. The first kappa shape index (κ1) is 17.2. The summed E-state index contributed by atoms with van der Waals surface area (Å²) in [5.74, 6) is 1.16. The minimum Gasteiger partial charge on any atom is -0.370 e. The van der Waals surface area contributed by atoms with Crippen molar-refractivity contribution in [2.24, 2.45) is 0 Å². The number of aromatic nitrogens is 2. The molecule has 9 heteroatoms. The number of hydrogen-bond acceptors (Lipinski definition) is 6. The van der Waals surface area contributed by atoms with Crippen molar-refractivity contribution < 1.29 is 13.2 Å². The van der Waals surface area contributed by atoms with Crippen molar-refractivity contribution in [3.8, 4) is 0 Å². The minimum absolute atomic E-state index is 0.0459. The van der Waals surface area contributed by atoms with Gasteiger partial charge in [0.05, 0.1) is 0 Å². The first-order chi connectivity index (χ1) is 9.44. The number of alkyl halides is 3. The molecule has 0 saturated carbocycles. The molecule has 0 saturated heterocycles. The lowest BCUT2D eigenvalue weighted by atomic mass is 10.4. The van der Waals surface area contributed by atoms with Crippen LogP contribution < -0.4 is 10.6 Å². The van der Waals surface area contributed by atoms with Gasteiger partial charge in [0.2, 0.25) is 0 Å². The maximum Gasteiger partial charge on any atom is 0.441 e. The van der Waals surface area contributed by atoms with E-state index in [4.69, 9.17) is 0 Å². The van der Waals surface area contributed by atoms with Crippen LogP contribution in [0.15, 0.2) is 11.2 Å². The molecule has 0 fully saturated rings. The maximum absolute atomic E-state index is 12.0. The van der Waals surface area contributed by atoms with E-state index in [2.05, 4.69) is 20.6 Å². The molecule has 0 aliphatic carbocycles. The van der Waals surface area contributed by atoms with Gasteiger partial charge >= 0.3 is 5.51 Å². The van der Waals surface area contributed by atoms with Crippen molar-refractivity contribution in [2.75, 3.05) is 35.7 Å². The van der Waals surface area contributed by atoms with Gasteiger partial charge in [-0.05, 0) is 24.4 Å². The molecule has 0 aliphatic heterocycles. The van der Waals surface area contributed by atoms with E-state index >= 15 is 0 Å². The molecule has 1 heterocycles. The Bertz CT molecular complexity index is 415. The fourth-order valence-electron chi connectivity index (χ4n) is 1.30. The highest BCUT2D eigenvalue weighted by Gasteiger charge is 2.27. The summed E-state index contributed by atoms with van der Waals surface area (Å²) in [6.45, 7) is 3.02. The van der Waals surface area contributed by atoms with Crippen LogP contribution in [0.5, 0.6) is 0 Å². The molecule has 20 heavy (non-hydrogen) atoms. The second-order valence-corrected chi connectivity index (χ2v) is 5.71. The predicted octanol–water partition coefficient (Wildman–Crippen LogP) is 3.69. The maximum atomic E-state index is 12.0. The molecule has 4 nitrogen and oxygen atoms in total. The Hall–Kier alpha value is -0.830. The standard InChI is InChI=1S/C11H17F3N4S2/c1-3-4-15-8-7-9(18-10(17-8)19-2)16-5-6-20-11(12,13)14/h7H,3-6H2,1-2H3,(H2,15,16,17,18). The zero-order chi connectivity index (χ0) is 15.0. The van der Waals surface area contributed by atoms with Crippen LogP contribution in [0.3, 0.4) is 0 Å². The van der Waals surface area contributed by atoms with E-state index in [1.165, 1.54) is 11.8 Å². The van der Waals surface area contributed by atoms with Crippen molar-refractivity contribution in [3.05, 3.63) is 6.07 Å². The zero-order valence-electron chi connectivity index (χ0n) is 11.3. The van der Waals surface area contributed by atoms with E-state index in [-0.39, 0.29) is 24.1 Å². The summed E-state index contributed by atoms with van der Waals surface area (Å²) in [6.07, 6.45) is 2.81. The van der Waals surface area contributed by atoms with E-state index in [9.17, 15) is 13.2 Å². The Morgan fingerprint density at radius 2 is 1.75 bits per heavy atom. The third-order valence-electron chi connectivity index (χ3n) is 2.12. The molecule has 1 rings (SSSR count). The Balaban J connectivity index is 2.55. The fourth-order valence-corrected chi connectivity index (χ4v) is 2.11. The second-order valence-electron chi connectivity index (χ2n) is 3.77. The molecule has 0 aliphatic rings. The van der Waals surface area contributed by atoms with Crippen molar-refractivity contribution in [1.29, 1.82) is 0 Å². The monoisotopic (exact) mass is 326 g/mol. The molecule has 0 bridgehead atoms. The molecule has 0 atom stereocenters. The molecular weight excluding hydrogens is 309 g/mol. The Morgan fingerprint density at radius 3 is 2.25 bits per heavy atom. The Kier molecular flexibility index (Phi) is 7.28. The lowest BCUT2D eigenvalue weighted by molar-refractivity contribution is -0.0327. The van der Waals surface area contributed by atoms with Gasteiger partial charge in [0.1, 0.15) is 11.6 Å². The van der Waals surface area contributed by atoms with Gasteiger partial charge in [-0.25, -0.2) is 9.97 Å². The van der Waals surface area contributed by atoms with E-state index < -0.39 is 5.51 Å². The molecular formula is C11H17F3N4S2. The summed E-state index contributed by atoms with van der Waals surface area (Å²) in [5, 5.41) is 6.60. The van der Waals surface area contributed by atoms with Gasteiger partial charge in [-0.15, -0.1) is 0 Å². The van der Waals surface area contributed by atoms with E-state index in [0.29, 0.717) is 16.8 Å². The van der Waals surface area contributed by atoms with Crippen LogP contribution in [-0.4, -0.2) is 40.6 Å². The van der Waals surface area contributed by atoms with E-state index in [1.54, 1.807) is 6.07 Å². The molecule has 0 spiro atoms. The summed E-state index contributed by atoms with van der Waals surface area (Å²) in [7, 11) is 0. The molecule has 0 aromatic carbocycles. The lowest BCUT2D eigenvalue weighted by Gasteiger charge is -2.10. The summed E-state index contributed by atoms with van der Waals surface area (Å²) in [4.78, 5) is 8.48. The van der Waals surface area contributed by atoms with Gasteiger partial charge in [-0.2, -0.15) is 13.2 Å². The summed E-state index contributed by atoms with van der Waals surface area (Å²) in [5.41, 5.74) is -4.19. The number of thioether (sulfide) groups is 2. The smallest absolute Gasteiger partial charge is 0.370 e. The quantitative estimate of drug-likeness (QED) is 0.432. The molecule has 0 amide bonds. The Morgan fingerprint density at radius 1 is 1.15 bits per heavy atom. The molecule has 1 aromatic heterocycles. The summed E-state index contributed by atoms with van der Waals surface area (Å²) >= 11 is 1.34. The topological polar surface area (TPSA) is 49.8 Å². The van der Waals surface area contributed by atoms with Crippen LogP contribution in [0.2, 0.25) is 0 Å². The van der Waals surface area contributed by atoms with Gasteiger partial charge in [0, 0.05) is 24.9 Å². The number of rotatable bonds is 8. The fraction of sp³-hybridized carbons (Fsp3) is 0.636. The predicted molar refractivity (Wildman–Crippen MR) is 79.6 cm³/mol. The number of anilines is 2. The van der Waals surface area contributed by atoms with Crippen LogP contribution >= 0.6 is 23.5 Å². The highest BCUT2D eigenvalue weighted by Crippen LogP contribution is 2.29. The first-order valence-corrected chi connectivity index (χ1v) is 8.27. The molecule has 0 unspecified atom stereocenters. The number of hydrogen-bond donors (Lipinski definition) is 2. The highest BCUT2D eigenvalue weighted by atomic mass is 32.2. The van der Waals surface area contributed by atoms with Gasteiger partial charge < -0.3 is 10.6 Å². The second kappa shape index (κ2) is 8.46. The zero-order valence-corrected chi connectivity index (χ0v) is 12.9. The number of nitrogens with one attached hydrogen (secondary N) is 2. The van der Waals surface area contributed by atoms with Crippen molar-refractivity contribution in [1.82, 2.24) is 9.97 Å². The van der Waals surface area contributed by atoms with Crippen molar-refractivity contribution >= 4 is 35.2 Å². The van der Waals surface area contributed by atoms with Crippen LogP contribution in [0.1, 0.15) is 13.3 Å². The van der Waals surface area contributed by atoms with Crippen LogP contribution in [0, 0.1) is 0 Å². The van der Waals surface area contributed by atoms with Gasteiger partial charge in [0.25, 0.3) is 0 Å². The van der Waals surface area contributed by atoms with Crippen LogP contribution in [0.25, 0.3) is 0 Å². The molecule has 1 aromatic rings. The number of halogens is 3. The van der Waals surface area contributed by atoms with Gasteiger partial charge in [-0.1, -0.05) is 18.7 Å². The Labute approximate surface area is 124 Å². The normalized spacial score (nSPS) is 11.4. The molecule has 114 valence electrons. The SMILES string of the molecule is CCCNc1cc(NCCSC(F)(F)F)nc(SC)n1. The summed E-state index contributed by atoms with van der Waals surface area (Å²) < 4.78 is 36.0.